The summed E-state index contributed by atoms with van der Waals surface area (Å²) in [7, 11) is 0. The number of thioether (sulfide) groups is 1. The molecule has 0 atom stereocenters. The highest BCUT2D eigenvalue weighted by Crippen LogP contribution is 2.26. The van der Waals surface area contributed by atoms with Gasteiger partial charge < -0.3 is 5.11 Å². The molecule has 2 nitrogen and oxygen atoms in total. The van der Waals surface area contributed by atoms with E-state index in [4.69, 9.17) is 5.11 Å². The lowest BCUT2D eigenvalue weighted by Crippen LogP contribution is -1.89. The van der Waals surface area contributed by atoms with Crippen LogP contribution in [0.3, 0.4) is 0 Å². The molecule has 1 rings (SSSR count). The predicted molar refractivity (Wildman–Crippen MR) is 47.7 cm³/mol. The first-order chi connectivity index (χ1) is 5.24. The Morgan fingerprint density at radius 2 is 2.45 bits per heavy atom. The van der Waals surface area contributed by atoms with E-state index in [1.54, 1.807) is 17.8 Å². The van der Waals surface area contributed by atoms with Gasteiger partial charge in [-0.3, -0.25) is 0 Å². The molecule has 0 aliphatic rings. The predicted octanol–water partition coefficient (Wildman–Crippen LogP) is 2.56. The Bertz CT molecular complexity index is 255. The molecule has 0 amide bonds. The van der Waals surface area contributed by atoms with Gasteiger partial charge in [-0.15, -0.1) is 23.1 Å². The highest BCUT2D eigenvalue weighted by molar-refractivity contribution is 8.01. The average Bonchev–Trinajstić information content (AvgIpc) is 2.37. The standard InChI is InChI=1S/C7H8O2S2/c1-2-10-6-4-3-5(11-6)7(8)9/h3-4H,2H2,1H3,(H,8,9). The topological polar surface area (TPSA) is 37.3 Å². The summed E-state index contributed by atoms with van der Waals surface area (Å²) in [6.07, 6.45) is 0. The molecule has 0 radical (unpaired) electrons. The zero-order valence-electron chi connectivity index (χ0n) is 6.03. The highest BCUT2D eigenvalue weighted by atomic mass is 32.2. The maximum atomic E-state index is 10.4. The van der Waals surface area contributed by atoms with Crippen molar-refractivity contribution in [2.24, 2.45) is 0 Å². The number of carboxylic acids is 1. The SMILES string of the molecule is CCSc1ccc(C(=O)O)s1. The van der Waals surface area contributed by atoms with Crippen LogP contribution in [0.4, 0.5) is 0 Å². The van der Waals surface area contributed by atoms with Gasteiger partial charge >= 0.3 is 5.97 Å². The minimum atomic E-state index is -0.835. The second kappa shape index (κ2) is 3.78. The Hall–Kier alpha value is -0.480. The van der Waals surface area contributed by atoms with Gasteiger partial charge in [0.25, 0.3) is 0 Å². The summed E-state index contributed by atoms with van der Waals surface area (Å²) in [4.78, 5) is 10.8. The van der Waals surface area contributed by atoms with Crippen molar-refractivity contribution in [3.63, 3.8) is 0 Å². The second-order valence-corrected chi connectivity index (χ2v) is 4.50. The lowest BCUT2D eigenvalue weighted by Gasteiger charge is -1.87. The van der Waals surface area contributed by atoms with Crippen molar-refractivity contribution in [1.82, 2.24) is 0 Å². The van der Waals surface area contributed by atoms with Gasteiger partial charge in [0.15, 0.2) is 0 Å². The minimum absolute atomic E-state index is 0.418. The van der Waals surface area contributed by atoms with Crippen LogP contribution in [0.1, 0.15) is 16.6 Å². The molecule has 4 heteroatoms. The molecule has 0 spiro atoms. The molecule has 1 aromatic heterocycles. The van der Waals surface area contributed by atoms with Crippen LogP contribution in [0, 0.1) is 0 Å². The number of thiophene rings is 1. The van der Waals surface area contributed by atoms with Crippen molar-refractivity contribution in [3.8, 4) is 0 Å². The Balaban J connectivity index is 2.73. The van der Waals surface area contributed by atoms with Crippen molar-refractivity contribution in [2.45, 2.75) is 11.1 Å². The zero-order chi connectivity index (χ0) is 8.27. The Morgan fingerprint density at radius 1 is 1.73 bits per heavy atom. The first-order valence-electron chi connectivity index (χ1n) is 3.20. The third-order valence-electron chi connectivity index (χ3n) is 1.08. The van der Waals surface area contributed by atoms with E-state index < -0.39 is 5.97 Å². The van der Waals surface area contributed by atoms with Gasteiger partial charge in [-0.2, -0.15) is 0 Å². The number of aromatic carboxylic acids is 1. The number of carbonyl (C=O) groups is 1. The molecule has 1 heterocycles. The van der Waals surface area contributed by atoms with Gasteiger partial charge in [-0.1, -0.05) is 6.92 Å². The molecule has 60 valence electrons. The molecule has 0 aliphatic carbocycles. The van der Waals surface area contributed by atoms with E-state index in [0.717, 1.165) is 9.96 Å². The second-order valence-electron chi connectivity index (χ2n) is 1.86. The van der Waals surface area contributed by atoms with Crippen LogP contribution < -0.4 is 0 Å². The summed E-state index contributed by atoms with van der Waals surface area (Å²) in [5, 5.41) is 8.57. The molecule has 0 aliphatic heterocycles. The van der Waals surface area contributed by atoms with E-state index >= 15 is 0 Å². The van der Waals surface area contributed by atoms with Gasteiger partial charge in [0, 0.05) is 0 Å². The monoisotopic (exact) mass is 188 g/mol. The molecule has 0 fully saturated rings. The van der Waals surface area contributed by atoms with E-state index in [2.05, 4.69) is 0 Å². The molecule has 11 heavy (non-hydrogen) atoms. The highest BCUT2D eigenvalue weighted by Gasteiger charge is 2.05. The fourth-order valence-corrected chi connectivity index (χ4v) is 2.54. The van der Waals surface area contributed by atoms with Gasteiger partial charge in [-0.25, -0.2) is 4.79 Å². The fourth-order valence-electron chi connectivity index (χ4n) is 0.655. The molecule has 0 unspecified atom stereocenters. The van der Waals surface area contributed by atoms with Crippen molar-refractivity contribution in [3.05, 3.63) is 17.0 Å². The number of hydrogen-bond donors (Lipinski definition) is 1. The molecule has 0 bridgehead atoms. The van der Waals surface area contributed by atoms with Crippen LogP contribution in [0.5, 0.6) is 0 Å². The Morgan fingerprint density at radius 3 is 2.91 bits per heavy atom. The molecule has 1 aromatic rings. The van der Waals surface area contributed by atoms with Crippen molar-refractivity contribution in [1.29, 1.82) is 0 Å². The molecular formula is C7H8O2S2. The number of carboxylic acid groups (broad SMARTS) is 1. The van der Waals surface area contributed by atoms with Crippen molar-refractivity contribution >= 4 is 29.1 Å². The molecule has 0 aromatic carbocycles. The van der Waals surface area contributed by atoms with Gasteiger partial charge in [-0.05, 0) is 17.9 Å². The zero-order valence-corrected chi connectivity index (χ0v) is 7.67. The van der Waals surface area contributed by atoms with Gasteiger partial charge in [0.2, 0.25) is 0 Å². The van der Waals surface area contributed by atoms with Crippen molar-refractivity contribution in [2.75, 3.05) is 5.75 Å². The lowest BCUT2D eigenvalue weighted by molar-refractivity contribution is 0.0702. The van der Waals surface area contributed by atoms with E-state index in [1.807, 2.05) is 13.0 Å². The molecule has 0 saturated heterocycles. The van der Waals surface area contributed by atoms with Crippen LogP contribution in [-0.2, 0) is 0 Å². The Kier molecular flexibility index (Phi) is 2.96. The van der Waals surface area contributed by atoms with E-state index in [0.29, 0.717) is 4.88 Å². The number of hydrogen-bond acceptors (Lipinski definition) is 3. The van der Waals surface area contributed by atoms with Gasteiger partial charge in [0.05, 0.1) is 4.21 Å². The quantitative estimate of drug-likeness (QED) is 0.741. The van der Waals surface area contributed by atoms with E-state index in [-0.39, 0.29) is 0 Å². The van der Waals surface area contributed by atoms with E-state index in [1.165, 1.54) is 11.3 Å². The fraction of sp³-hybridized carbons (Fsp3) is 0.286. The normalized spacial score (nSPS) is 9.91. The summed E-state index contributed by atoms with van der Waals surface area (Å²) in [5.74, 6) is 0.150. The average molecular weight is 188 g/mol. The summed E-state index contributed by atoms with van der Waals surface area (Å²) in [6, 6.07) is 3.49. The summed E-state index contributed by atoms with van der Waals surface area (Å²) < 4.78 is 1.07. The molecule has 0 saturated carbocycles. The summed E-state index contributed by atoms with van der Waals surface area (Å²) in [6.45, 7) is 2.05. The lowest BCUT2D eigenvalue weighted by atomic mass is 10.5. The third-order valence-corrected chi connectivity index (χ3v) is 3.26. The van der Waals surface area contributed by atoms with E-state index in [9.17, 15) is 4.79 Å². The van der Waals surface area contributed by atoms with Crippen molar-refractivity contribution < 1.29 is 9.90 Å². The maximum Gasteiger partial charge on any atom is 0.345 e. The first-order valence-corrected chi connectivity index (χ1v) is 5.00. The van der Waals surface area contributed by atoms with Crippen LogP contribution in [-0.4, -0.2) is 16.8 Å². The van der Waals surface area contributed by atoms with Crippen LogP contribution in [0.2, 0.25) is 0 Å². The number of rotatable bonds is 3. The van der Waals surface area contributed by atoms with Gasteiger partial charge in [0.1, 0.15) is 4.88 Å². The summed E-state index contributed by atoms with van der Waals surface area (Å²) >= 11 is 3.00. The first kappa shape index (κ1) is 8.62. The van der Waals surface area contributed by atoms with Crippen LogP contribution in [0.25, 0.3) is 0 Å². The smallest absolute Gasteiger partial charge is 0.345 e. The maximum absolute atomic E-state index is 10.4. The minimum Gasteiger partial charge on any atom is -0.477 e. The third kappa shape index (κ3) is 2.24. The Labute approximate surface area is 73.2 Å². The van der Waals surface area contributed by atoms with Crippen LogP contribution >= 0.6 is 23.1 Å². The van der Waals surface area contributed by atoms with Crippen LogP contribution in [0.15, 0.2) is 16.3 Å². The summed E-state index contributed by atoms with van der Waals surface area (Å²) in [5.41, 5.74) is 0. The molecule has 1 N–H and O–H groups in total. The molecular weight excluding hydrogens is 180 g/mol. The largest absolute Gasteiger partial charge is 0.477 e.